The number of carbonyl (C=O) groups excluding carboxylic acids is 6. The smallest absolute Gasteiger partial charge is 0.408 e. The Morgan fingerprint density at radius 1 is 1.00 bits per heavy atom. The monoisotopic (exact) mass is 922 g/mol. The molecule has 1 amide bonds. The molecule has 2 saturated carbocycles. The lowest BCUT2D eigenvalue weighted by Gasteiger charge is -2.68. The molecule has 6 rings (SSSR count). The van der Waals surface area contributed by atoms with Gasteiger partial charge in [-0.25, -0.2) is 14.4 Å². The molecule has 3 aliphatic carbocycles. The van der Waals surface area contributed by atoms with E-state index in [4.69, 9.17) is 37.3 Å². The van der Waals surface area contributed by atoms with Gasteiger partial charge in [-0.3, -0.25) is 14.4 Å². The van der Waals surface area contributed by atoms with E-state index in [9.17, 15) is 29.4 Å². The standard InChI is InChI=1S/C50H65NO15/c1-27(52)22-23-36(54)63-39(38(31-18-14-12-15-19-31)51-45(58)66-46(5,6)7)44(57)62-33-25-50(59)42(64-43(56)32-20-16-13-17-21-32)40-48(10,41(55)29(3)37(28(33)2)47(50,8)9)34(60-11)24-35-49(40,26-61-35)65-30(4)53/h12-21,27,29,33-35,38-40,42,52,59H,22-26H2,1-11H3,(H,51,58)/t27?,29-,33+,34+,35-,38+,39-,40+,42+,48-,49+,50-/m1/s1/i11D3. The Hall–Kier alpha value is -5.16. The van der Waals surface area contributed by atoms with Crippen LogP contribution < -0.4 is 5.32 Å². The van der Waals surface area contributed by atoms with Crippen LogP contribution in [0.25, 0.3) is 0 Å². The summed E-state index contributed by atoms with van der Waals surface area (Å²) < 4.78 is 66.7. The summed E-state index contributed by atoms with van der Waals surface area (Å²) in [6.45, 7) is 15.2. The van der Waals surface area contributed by atoms with E-state index >= 15 is 9.59 Å². The molecule has 1 heterocycles. The fourth-order valence-electron chi connectivity index (χ4n) is 10.8. The number of esters is 4. The lowest BCUT2D eigenvalue weighted by Crippen LogP contribution is -2.81. The Balaban J connectivity index is 1.56. The minimum absolute atomic E-state index is 0.0277. The van der Waals surface area contributed by atoms with Gasteiger partial charge in [0.2, 0.25) is 6.10 Å². The van der Waals surface area contributed by atoms with E-state index in [2.05, 4.69) is 5.32 Å². The molecule has 1 saturated heterocycles. The first-order chi connectivity index (χ1) is 32.0. The number of Topliss-reactive ketones (excluding diaryl/α,β-unsaturated/α-hetero) is 1. The van der Waals surface area contributed by atoms with E-state index in [0.29, 0.717) is 11.1 Å². The maximum Gasteiger partial charge on any atom is 0.408 e. The van der Waals surface area contributed by atoms with E-state index in [1.807, 2.05) is 0 Å². The fourth-order valence-corrected chi connectivity index (χ4v) is 10.8. The third kappa shape index (κ3) is 9.25. The number of ketones is 1. The van der Waals surface area contributed by atoms with Crippen LogP contribution in [0, 0.1) is 22.7 Å². The van der Waals surface area contributed by atoms with Crippen LogP contribution in [0.15, 0.2) is 71.8 Å². The van der Waals surface area contributed by atoms with Crippen LogP contribution in [0.3, 0.4) is 0 Å². The Bertz CT molecular complexity index is 2310. The predicted molar refractivity (Wildman–Crippen MR) is 236 cm³/mol. The Morgan fingerprint density at radius 3 is 2.20 bits per heavy atom. The highest BCUT2D eigenvalue weighted by molar-refractivity contribution is 5.92. The van der Waals surface area contributed by atoms with Gasteiger partial charge in [0.15, 0.2) is 5.60 Å². The van der Waals surface area contributed by atoms with E-state index in [1.54, 1.807) is 97.0 Å². The van der Waals surface area contributed by atoms with E-state index in [1.165, 1.54) is 26.0 Å². The molecular weight excluding hydrogens is 855 g/mol. The summed E-state index contributed by atoms with van der Waals surface area (Å²) in [5, 5.41) is 26.6. The fraction of sp³-hybridized carbons (Fsp3) is 0.600. The van der Waals surface area contributed by atoms with Crippen molar-refractivity contribution in [3.8, 4) is 0 Å². The van der Waals surface area contributed by atoms with Crippen LogP contribution in [-0.4, -0.2) is 113 Å². The van der Waals surface area contributed by atoms with E-state index in [0.717, 1.165) is 6.92 Å². The first kappa shape index (κ1) is 46.0. The SMILES string of the molecule is [2H]C([2H])([2H])O[C@H]1C[C@H]2OC[C@@]2(OC(C)=O)[C@H]2[C@H](OC(=O)c3ccccc3)[C@]3(O)C[C@H](OC(=O)[C@H](OC(=O)CCC(C)O)[C@@H](NC(=O)OC(C)(C)C)c4ccccc4)C(C)=C([C@@H](C)C(=O)[C@]12C)C3(C)C. The number of hydrogen-bond acceptors (Lipinski definition) is 15. The topological polar surface area (TPSA) is 220 Å². The molecule has 1 aliphatic heterocycles. The average Bonchev–Trinajstić information content (AvgIpc) is 3.24. The number of ether oxygens (including phenoxy) is 7. The van der Waals surface area contributed by atoms with Crippen LogP contribution in [0.5, 0.6) is 0 Å². The summed E-state index contributed by atoms with van der Waals surface area (Å²) in [6, 6.07) is 14.5. The van der Waals surface area contributed by atoms with Gasteiger partial charge >= 0.3 is 30.0 Å². The molecule has 0 aromatic heterocycles. The van der Waals surface area contributed by atoms with Crippen molar-refractivity contribution in [2.45, 2.75) is 154 Å². The number of hydrogen-bond donors (Lipinski definition) is 3. The predicted octanol–water partition coefficient (Wildman–Crippen LogP) is 5.90. The summed E-state index contributed by atoms with van der Waals surface area (Å²) in [4.78, 5) is 85.5. The molecule has 0 spiro atoms. The highest BCUT2D eigenvalue weighted by Crippen LogP contribution is 2.65. The van der Waals surface area contributed by atoms with E-state index in [-0.39, 0.29) is 37.0 Å². The molecular formula is C50H65NO15. The van der Waals surface area contributed by atoms with Crippen molar-refractivity contribution >= 4 is 35.8 Å². The molecule has 16 nitrogen and oxygen atoms in total. The van der Waals surface area contributed by atoms with Gasteiger partial charge < -0.3 is 48.7 Å². The van der Waals surface area contributed by atoms with Crippen molar-refractivity contribution in [2.75, 3.05) is 13.6 Å². The number of benzene rings is 2. The van der Waals surface area contributed by atoms with Crippen LogP contribution in [0.1, 0.15) is 121 Å². The van der Waals surface area contributed by atoms with Crippen molar-refractivity contribution in [1.82, 2.24) is 5.32 Å². The number of fused-ring (bicyclic) bond motifs is 5. The van der Waals surface area contributed by atoms with Crippen molar-refractivity contribution in [2.24, 2.45) is 22.7 Å². The maximum atomic E-state index is 15.8. The minimum Gasteiger partial charge on any atom is -0.455 e. The van der Waals surface area contributed by atoms with Gasteiger partial charge in [-0.05, 0) is 76.8 Å². The van der Waals surface area contributed by atoms with Gasteiger partial charge in [0.05, 0.1) is 39.8 Å². The molecule has 12 atom stereocenters. The summed E-state index contributed by atoms with van der Waals surface area (Å²) in [6.07, 6.45) is -10.8. The number of nitrogens with one attached hydrogen (secondary N) is 1. The molecule has 3 fully saturated rings. The van der Waals surface area contributed by atoms with Crippen molar-refractivity contribution in [1.29, 1.82) is 0 Å². The normalized spacial score (nSPS) is 32.3. The largest absolute Gasteiger partial charge is 0.455 e. The third-order valence-corrected chi connectivity index (χ3v) is 14.0. The molecule has 360 valence electrons. The van der Waals surface area contributed by atoms with E-state index < -0.39 is 131 Å². The molecule has 66 heavy (non-hydrogen) atoms. The summed E-state index contributed by atoms with van der Waals surface area (Å²) in [7, 11) is -3.06. The molecule has 0 radical (unpaired) electrons. The van der Waals surface area contributed by atoms with Crippen molar-refractivity contribution < 1.29 is 76.3 Å². The van der Waals surface area contributed by atoms with Gasteiger partial charge in [-0.1, -0.05) is 69.3 Å². The Kier molecular flexibility index (Phi) is 13.1. The van der Waals surface area contributed by atoms with Gasteiger partial charge in [0, 0.05) is 44.6 Å². The zero-order valence-electron chi connectivity index (χ0n) is 42.2. The molecule has 4 aliphatic rings. The average molecular weight is 923 g/mol. The second kappa shape index (κ2) is 18.8. The summed E-state index contributed by atoms with van der Waals surface area (Å²) in [5.41, 5.74) is -7.75. The van der Waals surface area contributed by atoms with Crippen LogP contribution in [0.2, 0.25) is 0 Å². The second-order valence-electron chi connectivity index (χ2n) is 19.8. The molecule has 3 N–H and O–H groups in total. The highest BCUT2D eigenvalue weighted by atomic mass is 16.6. The highest BCUT2D eigenvalue weighted by Gasteiger charge is 2.78. The molecule has 2 aromatic rings. The molecule has 16 heteroatoms. The Morgan fingerprint density at radius 2 is 1.64 bits per heavy atom. The van der Waals surface area contributed by atoms with Crippen molar-refractivity contribution in [3.63, 3.8) is 0 Å². The lowest BCUT2D eigenvalue weighted by molar-refractivity contribution is -0.346. The number of amides is 1. The molecule has 1 unspecified atom stereocenters. The first-order valence-electron chi connectivity index (χ1n) is 23.8. The summed E-state index contributed by atoms with van der Waals surface area (Å²) >= 11 is 0. The van der Waals surface area contributed by atoms with Gasteiger partial charge in [0.25, 0.3) is 0 Å². The number of methoxy groups -OCH3 is 1. The van der Waals surface area contributed by atoms with Crippen LogP contribution in [0.4, 0.5) is 4.79 Å². The van der Waals surface area contributed by atoms with Crippen LogP contribution >= 0.6 is 0 Å². The van der Waals surface area contributed by atoms with Crippen LogP contribution in [-0.2, 0) is 52.3 Å². The number of carbonyl (C=O) groups is 6. The number of rotatable bonds is 13. The second-order valence-corrected chi connectivity index (χ2v) is 19.8. The quantitative estimate of drug-likeness (QED) is 0.121. The maximum absolute atomic E-state index is 15.8. The lowest BCUT2D eigenvalue weighted by atomic mass is 9.43. The van der Waals surface area contributed by atoms with Gasteiger partial charge in [0.1, 0.15) is 41.3 Å². The molecule has 2 bridgehead atoms. The van der Waals surface area contributed by atoms with Crippen molar-refractivity contribution in [3.05, 3.63) is 82.9 Å². The Labute approximate surface area is 390 Å². The number of aliphatic hydroxyl groups excluding tert-OH is 1. The number of aliphatic hydroxyl groups is 2. The summed E-state index contributed by atoms with van der Waals surface area (Å²) in [5.74, 6) is -7.21. The number of alkyl carbamates (subject to hydrolysis) is 1. The van der Waals surface area contributed by atoms with Gasteiger partial charge in [-0.2, -0.15) is 0 Å². The zero-order chi connectivity index (χ0) is 51.2. The van der Waals surface area contributed by atoms with Gasteiger partial charge in [-0.15, -0.1) is 0 Å². The zero-order valence-corrected chi connectivity index (χ0v) is 39.2. The third-order valence-electron chi connectivity index (χ3n) is 14.0. The minimum atomic E-state index is -3.06. The first-order valence-corrected chi connectivity index (χ1v) is 22.3. The molecule has 2 aromatic carbocycles.